The summed E-state index contributed by atoms with van der Waals surface area (Å²) in [6, 6.07) is 8.16. The highest BCUT2D eigenvalue weighted by molar-refractivity contribution is 5.93. The summed E-state index contributed by atoms with van der Waals surface area (Å²) < 4.78 is 13.3. The third-order valence-corrected chi connectivity index (χ3v) is 7.63. The minimum atomic E-state index is -0.936. The molecule has 0 saturated heterocycles. The van der Waals surface area contributed by atoms with Gasteiger partial charge in [-0.05, 0) is 67.0 Å². The summed E-state index contributed by atoms with van der Waals surface area (Å²) in [7, 11) is 3.12. The molecule has 0 aliphatic heterocycles. The minimum Gasteiger partial charge on any atom is -0.508 e. The maximum atomic E-state index is 14.0. The third kappa shape index (κ3) is 7.10. The highest BCUT2D eigenvalue weighted by Gasteiger charge is 2.40. The van der Waals surface area contributed by atoms with E-state index in [0.29, 0.717) is 5.56 Å². The number of rotatable bonds is 10. The van der Waals surface area contributed by atoms with Gasteiger partial charge in [0, 0.05) is 20.5 Å². The van der Waals surface area contributed by atoms with Crippen LogP contribution in [-0.2, 0) is 27.2 Å². The second-order valence-electron chi connectivity index (χ2n) is 10.4. The van der Waals surface area contributed by atoms with Crippen LogP contribution in [0.25, 0.3) is 0 Å². The van der Waals surface area contributed by atoms with Crippen LogP contribution in [0.5, 0.6) is 5.75 Å². The number of benzene rings is 2. The van der Waals surface area contributed by atoms with Crippen molar-refractivity contribution in [2.24, 2.45) is 17.4 Å². The topological polar surface area (TPSA) is 130 Å². The van der Waals surface area contributed by atoms with Crippen LogP contribution in [0.1, 0.15) is 48.8 Å². The van der Waals surface area contributed by atoms with Crippen LogP contribution in [0.2, 0.25) is 0 Å². The van der Waals surface area contributed by atoms with E-state index in [1.165, 1.54) is 29.0 Å². The molecule has 0 radical (unpaired) electrons. The fraction of sp³-hybridized carbons (Fsp3) is 0.483. The molecular weight excluding hydrogens is 487 g/mol. The van der Waals surface area contributed by atoms with Crippen LogP contribution >= 0.6 is 0 Å². The van der Waals surface area contributed by atoms with Crippen molar-refractivity contribution < 1.29 is 23.9 Å². The molecule has 38 heavy (non-hydrogen) atoms. The molecule has 3 rings (SSSR count). The van der Waals surface area contributed by atoms with Crippen molar-refractivity contribution in [1.29, 1.82) is 0 Å². The van der Waals surface area contributed by atoms with E-state index in [4.69, 9.17) is 11.5 Å². The summed E-state index contributed by atoms with van der Waals surface area (Å²) in [5, 5.41) is 9.84. The van der Waals surface area contributed by atoms with Gasteiger partial charge in [0.2, 0.25) is 17.7 Å². The molecule has 0 spiro atoms. The first-order valence-electron chi connectivity index (χ1n) is 13.1. The molecule has 0 heterocycles. The Morgan fingerprint density at radius 2 is 1.55 bits per heavy atom. The Balaban J connectivity index is 1.83. The molecule has 1 aliphatic rings. The zero-order chi connectivity index (χ0) is 28.0. The number of carbonyl (C=O) groups is 3. The zero-order valence-corrected chi connectivity index (χ0v) is 22.4. The lowest BCUT2D eigenvalue weighted by Crippen LogP contribution is -2.59. The van der Waals surface area contributed by atoms with Gasteiger partial charge in [0.05, 0.1) is 6.04 Å². The molecule has 206 valence electrons. The van der Waals surface area contributed by atoms with Gasteiger partial charge in [0.15, 0.2) is 0 Å². The summed E-state index contributed by atoms with van der Waals surface area (Å²) >= 11 is 0. The molecule has 0 unspecified atom stereocenters. The van der Waals surface area contributed by atoms with Gasteiger partial charge >= 0.3 is 0 Å². The monoisotopic (exact) mass is 526 g/mol. The number of aryl methyl sites for hydroxylation is 1. The van der Waals surface area contributed by atoms with Crippen molar-refractivity contribution in [3.05, 3.63) is 65.0 Å². The average Bonchev–Trinajstić information content (AvgIpc) is 2.90. The summed E-state index contributed by atoms with van der Waals surface area (Å²) in [5.74, 6) is -1.71. The van der Waals surface area contributed by atoms with Gasteiger partial charge in [-0.2, -0.15) is 0 Å². The van der Waals surface area contributed by atoms with Crippen molar-refractivity contribution in [3.8, 4) is 5.75 Å². The van der Waals surface area contributed by atoms with E-state index in [0.717, 1.165) is 43.2 Å². The van der Waals surface area contributed by atoms with Crippen LogP contribution < -0.4 is 11.5 Å². The first-order valence-corrected chi connectivity index (χ1v) is 13.1. The molecule has 8 nitrogen and oxygen atoms in total. The molecular formula is C29H39FN4O4. The van der Waals surface area contributed by atoms with E-state index in [9.17, 15) is 23.9 Å². The summed E-state index contributed by atoms with van der Waals surface area (Å²) in [6.45, 7) is 1.75. The zero-order valence-electron chi connectivity index (χ0n) is 22.4. The largest absolute Gasteiger partial charge is 0.508 e. The molecule has 3 atom stereocenters. The van der Waals surface area contributed by atoms with Gasteiger partial charge < -0.3 is 26.4 Å². The van der Waals surface area contributed by atoms with Crippen LogP contribution in [0.15, 0.2) is 42.5 Å². The second-order valence-corrected chi connectivity index (χ2v) is 10.4. The molecule has 5 N–H and O–H groups in total. The maximum absolute atomic E-state index is 14.0. The Labute approximate surface area is 223 Å². The Kier molecular flexibility index (Phi) is 9.85. The number of phenolic OH excluding ortho intramolecular Hbond substituents is 1. The number of halogens is 1. The highest BCUT2D eigenvalue weighted by Crippen LogP contribution is 2.31. The van der Waals surface area contributed by atoms with Gasteiger partial charge in [0.25, 0.3) is 0 Å². The number of likely N-dealkylation sites (N-methyl/N-ethyl adjacent to an activating group) is 2. The highest BCUT2D eigenvalue weighted by atomic mass is 19.1. The van der Waals surface area contributed by atoms with E-state index in [1.807, 2.05) is 0 Å². The number of hydrogen-bond donors (Lipinski definition) is 3. The van der Waals surface area contributed by atoms with Gasteiger partial charge in [-0.15, -0.1) is 0 Å². The second kappa shape index (κ2) is 12.9. The predicted octanol–water partition coefficient (Wildman–Crippen LogP) is 2.67. The maximum Gasteiger partial charge on any atom is 0.246 e. The Bertz CT molecular complexity index is 1130. The van der Waals surface area contributed by atoms with E-state index in [-0.39, 0.29) is 36.2 Å². The number of amides is 3. The van der Waals surface area contributed by atoms with Crippen LogP contribution in [0.4, 0.5) is 4.39 Å². The lowest BCUT2D eigenvalue weighted by atomic mass is 9.82. The number of aromatic hydroxyl groups is 1. The quantitative estimate of drug-likeness (QED) is 0.438. The Morgan fingerprint density at radius 3 is 2.13 bits per heavy atom. The van der Waals surface area contributed by atoms with Gasteiger partial charge in [-0.1, -0.05) is 43.5 Å². The van der Waals surface area contributed by atoms with E-state index in [1.54, 1.807) is 44.3 Å². The third-order valence-electron chi connectivity index (χ3n) is 7.63. The van der Waals surface area contributed by atoms with Gasteiger partial charge in [0.1, 0.15) is 23.7 Å². The SMILES string of the molecule is Cc1cc(C[C@@H](C(N)=O)N(C)C(=O)[C@H](C2CCCCC2)N(C)C(=O)[C@@H](N)Cc2ccc(F)cc2)ccc1O. The van der Waals surface area contributed by atoms with Crippen molar-refractivity contribution in [3.63, 3.8) is 0 Å². The fourth-order valence-electron chi connectivity index (χ4n) is 5.35. The molecule has 9 heteroatoms. The van der Waals surface area contributed by atoms with E-state index < -0.39 is 29.9 Å². The fourth-order valence-corrected chi connectivity index (χ4v) is 5.35. The molecule has 0 bridgehead atoms. The number of primary amides is 1. The number of nitrogens with zero attached hydrogens (tertiary/aromatic N) is 2. The number of hydrogen-bond acceptors (Lipinski definition) is 5. The molecule has 2 aromatic carbocycles. The van der Waals surface area contributed by atoms with E-state index >= 15 is 0 Å². The smallest absolute Gasteiger partial charge is 0.246 e. The summed E-state index contributed by atoms with van der Waals surface area (Å²) in [6.07, 6.45) is 4.93. The molecule has 0 aromatic heterocycles. The molecule has 1 fully saturated rings. The minimum absolute atomic E-state index is 0.0740. The van der Waals surface area contributed by atoms with Crippen molar-refractivity contribution in [2.45, 2.75) is 70.0 Å². The Hall–Kier alpha value is -3.46. The predicted molar refractivity (Wildman–Crippen MR) is 144 cm³/mol. The summed E-state index contributed by atoms with van der Waals surface area (Å²) in [4.78, 5) is 42.7. The molecule has 1 saturated carbocycles. The lowest BCUT2D eigenvalue weighted by Gasteiger charge is -2.40. The van der Waals surface area contributed by atoms with Gasteiger partial charge in [-0.3, -0.25) is 14.4 Å². The van der Waals surface area contributed by atoms with Crippen LogP contribution in [0, 0.1) is 18.7 Å². The molecule has 1 aliphatic carbocycles. The molecule has 3 amide bonds. The number of carbonyl (C=O) groups excluding carboxylic acids is 3. The number of phenols is 1. The first-order chi connectivity index (χ1) is 18.0. The van der Waals surface area contributed by atoms with Crippen LogP contribution in [-0.4, -0.2) is 64.8 Å². The average molecular weight is 527 g/mol. The standard InChI is InChI=1S/C29H39FN4O4/c1-18-15-20(11-14-25(18)35)17-24(27(32)36)33(2)29(38)26(21-7-5-4-6-8-21)34(3)28(37)23(31)16-19-9-12-22(30)13-10-19/h9-15,21,23-24,26,35H,4-8,16-17,31H2,1-3H3,(H2,32,36)/t23-,24-,26-/m0/s1. The van der Waals surface area contributed by atoms with Gasteiger partial charge in [-0.25, -0.2) is 4.39 Å². The molecule has 2 aromatic rings. The lowest BCUT2D eigenvalue weighted by molar-refractivity contribution is -0.150. The van der Waals surface area contributed by atoms with Crippen LogP contribution in [0.3, 0.4) is 0 Å². The number of nitrogens with two attached hydrogens (primary N) is 2. The van der Waals surface area contributed by atoms with Crippen molar-refractivity contribution in [1.82, 2.24) is 9.80 Å². The van der Waals surface area contributed by atoms with Crippen molar-refractivity contribution >= 4 is 17.7 Å². The Morgan fingerprint density at radius 1 is 0.947 bits per heavy atom. The first kappa shape index (κ1) is 29.1. The van der Waals surface area contributed by atoms with E-state index in [2.05, 4.69) is 0 Å². The van der Waals surface area contributed by atoms with Crippen molar-refractivity contribution in [2.75, 3.05) is 14.1 Å². The summed E-state index contributed by atoms with van der Waals surface area (Å²) in [5.41, 5.74) is 14.1. The normalized spacial score (nSPS) is 16.3.